The lowest BCUT2D eigenvalue weighted by Gasteiger charge is -2.04. The summed E-state index contributed by atoms with van der Waals surface area (Å²) in [5.74, 6) is 0.780. The van der Waals surface area contributed by atoms with Gasteiger partial charge >= 0.3 is 0 Å². The highest BCUT2D eigenvalue weighted by molar-refractivity contribution is 5.92. The standard InChI is InChI=1S/C22H19N3O5/c1-29-15-6-7-16-14(13-24-18(16)12-15)10-11-23-22(26)21-9-8-20(30-21)17-4-2-3-5-19(17)25(27)28/h2-9,12-13,24H,10-11H2,1H3,(H,23,26). The highest BCUT2D eigenvalue weighted by Gasteiger charge is 2.19. The number of hydrogen-bond donors (Lipinski definition) is 2. The van der Waals surface area contributed by atoms with Crippen LogP contribution in [0, 0.1) is 10.1 Å². The molecule has 0 aliphatic rings. The molecule has 0 fully saturated rings. The fourth-order valence-electron chi connectivity index (χ4n) is 3.34. The van der Waals surface area contributed by atoms with Gasteiger partial charge in [-0.25, -0.2) is 0 Å². The molecule has 2 aromatic heterocycles. The van der Waals surface area contributed by atoms with Gasteiger partial charge in [-0.15, -0.1) is 0 Å². The molecule has 0 aliphatic carbocycles. The van der Waals surface area contributed by atoms with Crippen molar-refractivity contribution in [3.05, 3.63) is 82.2 Å². The second-order valence-corrected chi connectivity index (χ2v) is 6.67. The first-order valence-corrected chi connectivity index (χ1v) is 9.32. The molecule has 0 spiro atoms. The van der Waals surface area contributed by atoms with E-state index in [0.29, 0.717) is 18.5 Å². The Bertz CT molecular complexity index is 1220. The molecule has 8 nitrogen and oxygen atoms in total. The number of nitrogens with one attached hydrogen (secondary N) is 2. The number of ether oxygens (including phenoxy) is 1. The van der Waals surface area contributed by atoms with Gasteiger partial charge in [0.2, 0.25) is 0 Å². The summed E-state index contributed by atoms with van der Waals surface area (Å²) in [5, 5.41) is 15.1. The second-order valence-electron chi connectivity index (χ2n) is 6.67. The van der Waals surface area contributed by atoms with E-state index in [4.69, 9.17) is 9.15 Å². The molecule has 4 rings (SSSR count). The number of methoxy groups -OCH3 is 1. The zero-order valence-electron chi connectivity index (χ0n) is 16.2. The maximum Gasteiger partial charge on any atom is 0.287 e. The summed E-state index contributed by atoms with van der Waals surface area (Å²) < 4.78 is 10.8. The SMILES string of the molecule is COc1ccc2c(CCNC(=O)c3ccc(-c4ccccc4[N+](=O)[O-])o3)c[nH]c2c1. The number of carbonyl (C=O) groups is 1. The number of nitro benzene ring substituents is 1. The van der Waals surface area contributed by atoms with Crippen LogP contribution < -0.4 is 10.1 Å². The molecule has 4 aromatic rings. The summed E-state index contributed by atoms with van der Waals surface area (Å²) in [6.45, 7) is 0.416. The number of nitro groups is 1. The van der Waals surface area contributed by atoms with Crippen LogP contribution in [0.15, 0.2) is 65.2 Å². The lowest BCUT2D eigenvalue weighted by atomic mass is 10.1. The number of amides is 1. The number of nitrogens with zero attached hydrogens (tertiary/aromatic N) is 1. The third-order valence-corrected chi connectivity index (χ3v) is 4.85. The minimum absolute atomic E-state index is 0.0743. The maximum absolute atomic E-state index is 12.4. The first-order chi connectivity index (χ1) is 14.6. The normalized spacial score (nSPS) is 10.8. The van der Waals surface area contributed by atoms with E-state index >= 15 is 0 Å². The molecule has 0 saturated heterocycles. The van der Waals surface area contributed by atoms with Crippen molar-refractivity contribution < 1.29 is 18.9 Å². The van der Waals surface area contributed by atoms with E-state index in [0.717, 1.165) is 22.2 Å². The number of carbonyl (C=O) groups excluding carboxylic acids is 1. The zero-order chi connectivity index (χ0) is 21.1. The average Bonchev–Trinajstić information content (AvgIpc) is 3.41. The Labute approximate surface area is 171 Å². The minimum Gasteiger partial charge on any atom is -0.497 e. The first kappa shape index (κ1) is 19.3. The summed E-state index contributed by atoms with van der Waals surface area (Å²) >= 11 is 0. The van der Waals surface area contributed by atoms with Crippen LogP contribution in [0.3, 0.4) is 0 Å². The number of furan rings is 1. The Balaban J connectivity index is 1.42. The van der Waals surface area contributed by atoms with Gasteiger partial charge in [-0.3, -0.25) is 14.9 Å². The highest BCUT2D eigenvalue weighted by atomic mass is 16.6. The number of fused-ring (bicyclic) bond motifs is 1. The van der Waals surface area contributed by atoms with Gasteiger partial charge in [-0.2, -0.15) is 0 Å². The quantitative estimate of drug-likeness (QED) is 0.351. The van der Waals surface area contributed by atoms with Crippen LogP contribution in [0.2, 0.25) is 0 Å². The van der Waals surface area contributed by atoms with Crippen molar-refractivity contribution in [3.63, 3.8) is 0 Å². The van der Waals surface area contributed by atoms with E-state index in [1.165, 1.54) is 12.1 Å². The molecule has 0 bridgehead atoms. The summed E-state index contributed by atoms with van der Waals surface area (Å²) in [5.41, 5.74) is 2.30. The number of aromatic nitrogens is 1. The van der Waals surface area contributed by atoms with E-state index < -0.39 is 4.92 Å². The topological polar surface area (TPSA) is 110 Å². The van der Waals surface area contributed by atoms with Gasteiger partial charge in [0.05, 0.1) is 17.6 Å². The molecule has 152 valence electrons. The summed E-state index contributed by atoms with van der Waals surface area (Å²) in [7, 11) is 1.62. The molecule has 8 heteroatoms. The van der Waals surface area contributed by atoms with Gasteiger partial charge in [0.25, 0.3) is 11.6 Å². The number of hydrogen-bond acceptors (Lipinski definition) is 5. The Hall–Kier alpha value is -4.07. The predicted octanol–water partition coefficient (Wildman–Crippen LogP) is 4.32. The molecule has 2 aromatic carbocycles. The lowest BCUT2D eigenvalue weighted by Crippen LogP contribution is -2.25. The fourth-order valence-corrected chi connectivity index (χ4v) is 3.34. The molecular formula is C22H19N3O5. The van der Waals surface area contributed by atoms with Gasteiger partial charge in [0, 0.05) is 35.8 Å². The molecule has 0 aliphatic heterocycles. The van der Waals surface area contributed by atoms with Crippen molar-refractivity contribution in [3.8, 4) is 17.1 Å². The molecule has 0 saturated carbocycles. The van der Waals surface area contributed by atoms with E-state index in [1.807, 2.05) is 24.4 Å². The fraction of sp³-hybridized carbons (Fsp3) is 0.136. The number of H-pyrrole nitrogens is 1. The van der Waals surface area contributed by atoms with Gasteiger partial charge in [-0.05, 0) is 42.3 Å². The monoisotopic (exact) mass is 405 g/mol. The van der Waals surface area contributed by atoms with Crippen LogP contribution in [-0.2, 0) is 6.42 Å². The van der Waals surface area contributed by atoms with Crippen molar-refractivity contribution in [1.82, 2.24) is 10.3 Å². The van der Waals surface area contributed by atoms with E-state index in [2.05, 4.69) is 10.3 Å². The molecule has 0 radical (unpaired) electrons. The largest absolute Gasteiger partial charge is 0.497 e. The van der Waals surface area contributed by atoms with E-state index in [-0.39, 0.29) is 23.1 Å². The van der Waals surface area contributed by atoms with Crippen LogP contribution in [0.1, 0.15) is 16.1 Å². The summed E-state index contributed by atoms with van der Waals surface area (Å²) in [6, 6.07) is 15.1. The van der Waals surface area contributed by atoms with Crippen molar-refractivity contribution in [2.75, 3.05) is 13.7 Å². The Kier molecular flexibility index (Phi) is 5.21. The Morgan fingerprint density at radius 1 is 1.20 bits per heavy atom. The molecule has 2 N–H and O–H groups in total. The van der Waals surface area contributed by atoms with Crippen LogP contribution in [0.4, 0.5) is 5.69 Å². The molecule has 0 atom stereocenters. The molecule has 30 heavy (non-hydrogen) atoms. The van der Waals surface area contributed by atoms with Gasteiger partial charge in [-0.1, -0.05) is 12.1 Å². The highest BCUT2D eigenvalue weighted by Crippen LogP contribution is 2.30. The molecule has 2 heterocycles. The van der Waals surface area contributed by atoms with E-state index in [1.54, 1.807) is 31.4 Å². The summed E-state index contributed by atoms with van der Waals surface area (Å²) in [6.07, 6.45) is 2.55. The number of aromatic amines is 1. The zero-order valence-corrected chi connectivity index (χ0v) is 16.2. The van der Waals surface area contributed by atoms with Gasteiger partial charge in [0.1, 0.15) is 11.5 Å². The van der Waals surface area contributed by atoms with Crippen molar-refractivity contribution in [2.24, 2.45) is 0 Å². The predicted molar refractivity (Wildman–Crippen MR) is 112 cm³/mol. The number of para-hydroxylation sites is 1. The molecule has 0 unspecified atom stereocenters. The van der Waals surface area contributed by atoms with E-state index in [9.17, 15) is 14.9 Å². The smallest absolute Gasteiger partial charge is 0.287 e. The third-order valence-electron chi connectivity index (χ3n) is 4.85. The van der Waals surface area contributed by atoms with Crippen molar-refractivity contribution >= 4 is 22.5 Å². The average molecular weight is 405 g/mol. The Morgan fingerprint density at radius 2 is 2.03 bits per heavy atom. The third kappa shape index (κ3) is 3.75. The number of rotatable bonds is 7. The van der Waals surface area contributed by atoms with Gasteiger partial charge in [0.15, 0.2) is 5.76 Å². The second kappa shape index (κ2) is 8.12. The lowest BCUT2D eigenvalue weighted by molar-refractivity contribution is -0.384. The van der Waals surface area contributed by atoms with Crippen LogP contribution in [0.5, 0.6) is 5.75 Å². The van der Waals surface area contributed by atoms with Crippen molar-refractivity contribution in [1.29, 1.82) is 0 Å². The van der Waals surface area contributed by atoms with Crippen LogP contribution in [-0.4, -0.2) is 29.5 Å². The molecular weight excluding hydrogens is 386 g/mol. The Morgan fingerprint density at radius 3 is 2.83 bits per heavy atom. The van der Waals surface area contributed by atoms with Crippen LogP contribution >= 0.6 is 0 Å². The van der Waals surface area contributed by atoms with Crippen molar-refractivity contribution in [2.45, 2.75) is 6.42 Å². The maximum atomic E-state index is 12.4. The van der Waals surface area contributed by atoms with Crippen LogP contribution in [0.25, 0.3) is 22.2 Å². The minimum atomic E-state index is -0.478. The first-order valence-electron chi connectivity index (χ1n) is 9.32. The number of benzene rings is 2. The van der Waals surface area contributed by atoms with Gasteiger partial charge < -0.3 is 19.5 Å². The molecule has 1 amide bonds. The summed E-state index contributed by atoms with van der Waals surface area (Å²) in [4.78, 5) is 26.3.